The highest BCUT2D eigenvalue weighted by molar-refractivity contribution is 6.08. The molecule has 1 fully saturated rings. The minimum Gasteiger partial charge on any atom is -0.376 e. The highest BCUT2D eigenvalue weighted by Crippen LogP contribution is 2.32. The van der Waals surface area contributed by atoms with Crippen molar-refractivity contribution in [3.63, 3.8) is 0 Å². The summed E-state index contributed by atoms with van der Waals surface area (Å²) in [5, 5.41) is 0.943. The van der Waals surface area contributed by atoms with E-state index in [4.69, 9.17) is 4.74 Å². The zero-order valence-electron chi connectivity index (χ0n) is 22.5. The molecule has 0 spiro atoms. The second-order valence-corrected chi connectivity index (χ2v) is 10.9. The summed E-state index contributed by atoms with van der Waals surface area (Å²) in [6.07, 6.45) is 10.4. The van der Waals surface area contributed by atoms with Crippen LogP contribution in [0.25, 0.3) is 10.9 Å². The van der Waals surface area contributed by atoms with Crippen LogP contribution in [0.2, 0.25) is 0 Å². The van der Waals surface area contributed by atoms with Crippen LogP contribution in [-0.2, 0) is 27.3 Å². The minimum absolute atomic E-state index is 0.00821. The largest absolute Gasteiger partial charge is 0.376 e. The van der Waals surface area contributed by atoms with Crippen LogP contribution in [0.3, 0.4) is 0 Å². The number of hydrogen-bond acceptors (Lipinski definition) is 4. The molecule has 2 aliphatic heterocycles. The smallest absolute Gasteiger partial charge is 0.243 e. The number of hydrogen-bond donors (Lipinski definition) is 0. The standard InChI is InChI=1S/C30H42N2O4/c1-5-26(34)30-27-13-14-32(30)28(35)19-31-18-25(21(4)33)24-17-23(20(2)3)16-22(29(24)31)12-10-8-6-7-9-11-15-36-27/h16-18,20,27,30H,5-15,19H2,1-4H3/t27-,30-/m1/s1. The monoisotopic (exact) mass is 494 g/mol. The van der Waals surface area contributed by atoms with Gasteiger partial charge in [0, 0.05) is 36.7 Å². The average molecular weight is 495 g/mol. The molecule has 2 bridgehead atoms. The summed E-state index contributed by atoms with van der Waals surface area (Å²) in [4.78, 5) is 41.0. The molecule has 4 rings (SSSR count). The Bertz CT molecular complexity index is 1120. The van der Waals surface area contributed by atoms with Crippen LogP contribution < -0.4 is 0 Å². The van der Waals surface area contributed by atoms with E-state index in [1.165, 1.54) is 24.0 Å². The van der Waals surface area contributed by atoms with Crippen molar-refractivity contribution in [1.82, 2.24) is 9.47 Å². The van der Waals surface area contributed by atoms with Gasteiger partial charge in [-0.1, -0.05) is 52.5 Å². The lowest BCUT2D eigenvalue weighted by Crippen LogP contribution is -2.46. The van der Waals surface area contributed by atoms with E-state index in [0.717, 1.165) is 43.0 Å². The van der Waals surface area contributed by atoms with Crippen LogP contribution in [0.4, 0.5) is 0 Å². The summed E-state index contributed by atoms with van der Waals surface area (Å²) in [5.41, 5.74) is 4.10. The predicted molar refractivity (Wildman–Crippen MR) is 143 cm³/mol. The molecule has 36 heavy (non-hydrogen) atoms. The molecule has 0 unspecified atom stereocenters. The first kappa shape index (κ1) is 26.6. The Balaban J connectivity index is 1.78. The van der Waals surface area contributed by atoms with E-state index in [9.17, 15) is 14.4 Å². The second kappa shape index (κ2) is 11.7. The number of benzene rings is 1. The van der Waals surface area contributed by atoms with Crippen molar-refractivity contribution in [1.29, 1.82) is 0 Å². The lowest BCUT2D eigenvalue weighted by Gasteiger charge is -2.27. The van der Waals surface area contributed by atoms with Crippen molar-refractivity contribution in [2.75, 3.05) is 13.2 Å². The number of ether oxygens (including phenoxy) is 1. The summed E-state index contributed by atoms with van der Waals surface area (Å²) in [6.45, 7) is 9.10. The quantitative estimate of drug-likeness (QED) is 0.502. The Morgan fingerprint density at radius 1 is 1.08 bits per heavy atom. The van der Waals surface area contributed by atoms with Gasteiger partial charge in [-0.05, 0) is 55.7 Å². The molecule has 1 saturated heterocycles. The minimum atomic E-state index is -0.515. The van der Waals surface area contributed by atoms with Crippen LogP contribution in [0.5, 0.6) is 0 Å². The van der Waals surface area contributed by atoms with Gasteiger partial charge in [0.05, 0.1) is 11.6 Å². The maximum Gasteiger partial charge on any atom is 0.243 e. The molecule has 6 heteroatoms. The Labute approximate surface area is 215 Å². The summed E-state index contributed by atoms with van der Waals surface area (Å²) in [6, 6.07) is 3.89. The Morgan fingerprint density at radius 3 is 2.50 bits per heavy atom. The number of aromatic nitrogens is 1. The molecule has 6 nitrogen and oxygen atoms in total. The molecular formula is C30H42N2O4. The number of nitrogens with zero attached hydrogens (tertiary/aromatic N) is 2. The van der Waals surface area contributed by atoms with E-state index in [1.807, 2.05) is 17.7 Å². The molecule has 2 aromatic rings. The van der Waals surface area contributed by atoms with Crippen LogP contribution >= 0.6 is 0 Å². The number of Topliss-reactive ketones (excluding diaryl/α,β-unsaturated/α-hetero) is 2. The molecule has 0 saturated carbocycles. The molecule has 1 aromatic heterocycles. The van der Waals surface area contributed by atoms with Gasteiger partial charge in [-0.15, -0.1) is 0 Å². The maximum atomic E-state index is 13.7. The molecule has 1 amide bonds. The third-order valence-corrected chi connectivity index (χ3v) is 7.94. The van der Waals surface area contributed by atoms with Crippen LogP contribution in [-0.4, -0.2) is 52.2 Å². The van der Waals surface area contributed by atoms with E-state index < -0.39 is 6.04 Å². The van der Waals surface area contributed by atoms with Crippen molar-refractivity contribution in [2.24, 2.45) is 0 Å². The van der Waals surface area contributed by atoms with Gasteiger partial charge in [0.25, 0.3) is 0 Å². The zero-order valence-corrected chi connectivity index (χ0v) is 22.5. The van der Waals surface area contributed by atoms with Crippen molar-refractivity contribution < 1.29 is 19.1 Å². The fourth-order valence-electron chi connectivity index (χ4n) is 5.89. The van der Waals surface area contributed by atoms with E-state index in [1.54, 1.807) is 11.8 Å². The van der Waals surface area contributed by atoms with Crippen molar-refractivity contribution in [3.8, 4) is 0 Å². The van der Waals surface area contributed by atoms with Crippen LogP contribution in [0.1, 0.15) is 106 Å². The molecule has 2 atom stereocenters. The van der Waals surface area contributed by atoms with E-state index >= 15 is 0 Å². The molecule has 1 aromatic carbocycles. The van der Waals surface area contributed by atoms with Gasteiger partial charge >= 0.3 is 0 Å². The molecule has 0 aliphatic carbocycles. The fourth-order valence-corrected chi connectivity index (χ4v) is 5.89. The number of carbonyl (C=O) groups excluding carboxylic acids is 3. The molecular weight excluding hydrogens is 452 g/mol. The highest BCUT2D eigenvalue weighted by atomic mass is 16.5. The van der Waals surface area contributed by atoms with Crippen LogP contribution in [0, 0.1) is 0 Å². The number of rotatable bonds is 4. The third-order valence-electron chi connectivity index (χ3n) is 7.94. The van der Waals surface area contributed by atoms with Gasteiger partial charge in [-0.3, -0.25) is 14.4 Å². The van der Waals surface area contributed by atoms with Crippen molar-refractivity contribution in [3.05, 3.63) is 35.0 Å². The number of amides is 1. The topological polar surface area (TPSA) is 68.6 Å². The first-order valence-corrected chi connectivity index (χ1v) is 13.9. The second-order valence-electron chi connectivity index (χ2n) is 10.9. The predicted octanol–water partition coefficient (Wildman–Crippen LogP) is 5.83. The zero-order chi connectivity index (χ0) is 25.8. The van der Waals surface area contributed by atoms with Gasteiger partial charge in [-0.25, -0.2) is 0 Å². The van der Waals surface area contributed by atoms with Gasteiger partial charge in [-0.2, -0.15) is 0 Å². The van der Waals surface area contributed by atoms with Crippen LogP contribution in [0.15, 0.2) is 18.3 Å². The summed E-state index contributed by atoms with van der Waals surface area (Å²) in [5.74, 6) is 0.340. The van der Waals surface area contributed by atoms with Crippen molar-refractivity contribution in [2.45, 2.75) is 110 Å². The molecule has 0 radical (unpaired) electrons. The molecule has 2 aliphatic rings. The molecule has 196 valence electrons. The maximum absolute atomic E-state index is 13.7. The lowest BCUT2D eigenvalue weighted by molar-refractivity contribution is -0.140. The number of fused-ring (bicyclic) bond motifs is 2. The SMILES string of the molecule is CCC(=O)[C@@H]1[C@H]2CCN1C(=O)Cn1cc(C(C)=O)c3cc(C(C)C)cc(c31)CCCCCCCCO2. The number of ketones is 2. The molecule has 3 heterocycles. The Kier molecular flexibility index (Phi) is 8.66. The Hall–Kier alpha value is -2.47. The third kappa shape index (κ3) is 5.59. The number of aryl methyl sites for hydroxylation is 1. The van der Waals surface area contributed by atoms with E-state index in [0.29, 0.717) is 37.5 Å². The summed E-state index contributed by atoms with van der Waals surface area (Å²) >= 11 is 0. The van der Waals surface area contributed by atoms with E-state index in [2.05, 4.69) is 26.0 Å². The first-order chi connectivity index (χ1) is 17.3. The van der Waals surface area contributed by atoms with Gasteiger partial charge < -0.3 is 14.2 Å². The average Bonchev–Trinajstić information content (AvgIpc) is 3.43. The lowest BCUT2D eigenvalue weighted by atomic mass is 9.94. The van der Waals surface area contributed by atoms with Gasteiger partial charge in [0.2, 0.25) is 5.91 Å². The van der Waals surface area contributed by atoms with Gasteiger partial charge in [0.1, 0.15) is 12.6 Å². The van der Waals surface area contributed by atoms with Crippen molar-refractivity contribution >= 4 is 28.4 Å². The summed E-state index contributed by atoms with van der Waals surface area (Å²) < 4.78 is 8.13. The van der Waals surface area contributed by atoms with E-state index in [-0.39, 0.29) is 30.1 Å². The highest BCUT2D eigenvalue weighted by Gasteiger charge is 2.41. The first-order valence-electron chi connectivity index (χ1n) is 13.9. The van der Waals surface area contributed by atoms with Gasteiger partial charge in [0.15, 0.2) is 11.6 Å². The molecule has 0 N–H and O–H groups in total. The fraction of sp³-hybridized carbons (Fsp3) is 0.633. The Morgan fingerprint density at radius 2 is 1.81 bits per heavy atom. The number of carbonyl (C=O) groups is 3. The normalized spacial score (nSPS) is 22.2. The summed E-state index contributed by atoms with van der Waals surface area (Å²) in [7, 11) is 0.